The van der Waals surface area contributed by atoms with Gasteiger partial charge < -0.3 is 9.68 Å². The van der Waals surface area contributed by atoms with Crippen LogP contribution >= 0.6 is 15.9 Å². The highest BCUT2D eigenvalue weighted by molar-refractivity contribution is 9.10. The lowest BCUT2D eigenvalue weighted by Crippen LogP contribution is -2.00. The molecule has 631 valence electrons. The van der Waals surface area contributed by atoms with Crippen LogP contribution in [0.25, 0.3) is 253 Å². The third kappa shape index (κ3) is 14.0. The molecule has 4 nitrogen and oxygen atoms in total. The third-order valence-electron chi connectivity index (χ3n) is 27.3. The molecule has 2 aliphatic rings. The Morgan fingerprint density at radius 2 is 0.441 bits per heavy atom. The van der Waals surface area contributed by atoms with Gasteiger partial charge in [0.1, 0.15) is 5.75 Å². The number of nitrogens with zero attached hydrogens (tertiary/aromatic N) is 2. The fourth-order valence-electron chi connectivity index (χ4n) is 21.9. The normalized spacial score (nSPS) is 11.4. The van der Waals surface area contributed by atoms with Crippen LogP contribution in [0.4, 0.5) is 0 Å². The average Bonchev–Trinajstić information content (AvgIpc) is 1.53. The average molecular weight is 1790 g/mol. The molecule has 0 unspecified atom stereocenters. The Morgan fingerprint density at radius 1 is 0.184 bits per heavy atom. The van der Waals surface area contributed by atoms with E-state index in [0.29, 0.717) is 16.9 Å². The number of halogens is 1. The van der Waals surface area contributed by atoms with Crippen LogP contribution in [0.15, 0.2) is 478 Å². The van der Waals surface area contributed by atoms with Crippen LogP contribution in [0.3, 0.4) is 0 Å². The summed E-state index contributed by atoms with van der Waals surface area (Å²) in [6.07, 6.45) is 0. The van der Waals surface area contributed by atoms with Gasteiger partial charge in [-0.2, -0.15) is 10.5 Å². The SMILES string of the molecule is N#Cc1cc(-c2ccc3c(-c4ccccc4)c4ccccc4c(-c4ccccc4)c3c2)cc(-c2ccc3c4c(cccc24)-c2c-3c(-c3ccccc3)c3ccccc3c2-c2ccccc2)c1.N#Cc1cc(Br)cc(-c2ccc3c4c(cccc24)-c2c-3c(-c3ccccc3)c3ccccc3c2-c2ccccc2)c1.O[B]Oc1ccc2c(-c3ccccc3)c3ccccc3c(-c3ccccc3)c2c1. The molecule has 0 saturated heterocycles. The van der Waals surface area contributed by atoms with Gasteiger partial charge in [-0.1, -0.05) is 435 Å². The molecular weight excluding hydrogens is 1710 g/mol. The van der Waals surface area contributed by atoms with Crippen molar-refractivity contribution in [3.8, 4) is 185 Å². The summed E-state index contributed by atoms with van der Waals surface area (Å²) >= 11 is 3.62. The minimum atomic E-state index is 0.603. The van der Waals surface area contributed by atoms with E-state index in [1.807, 2.05) is 42.5 Å². The van der Waals surface area contributed by atoms with Crippen molar-refractivity contribution in [1.29, 1.82) is 10.5 Å². The number of hydrogen-bond acceptors (Lipinski definition) is 4. The van der Waals surface area contributed by atoms with Gasteiger partial charge in [0.25, 0.3) is 0 Å². The van der Waals surface area contributed by atoms with Crippen LogP contribution in [-0.4, -0.2) is 12.7 Å². The molecule has 0 heterocycles. The first kappa shape index (κ1) is 81.8. The van der Waals surface area contributed by atoms with Crippen molar-refractivity contribution in [2.24, 2.45) is 0 Å². The highest BCUT2D eigenvalue weighted by atomic mass is 79.9. The lowest BCUT2D eigenvalue weighted by atomic mass is 9.82. The summed E-state index contributed by atoms with van der Waals surface area (Å²) in [5.74, 6) is 0.603. The molecule has 0 aliphatic heterocycles. The molecule has 1 N–H and O–H groups in total. The Hall–Kier alpha value is -17.4. The lowest BCUT2D eigenvalue weighted by Gasteiger charge is -2.20. The van der Waals surface area contributed by atoms with Gasteiger partial charge in [-0.05, 0) is 308 Å². The standard InChI is InChI=1S/C65H39N.C39H22BrN.C26H18BO2/c66-40-41-36-47(46-32-33-55-58(39-46)60(43-20-7-2-8-21-43)52-27-14-13-26-51(52)59(55)42-18-5-1-6-19-42)38-48(37-41)49-34-35-57-63-50(49)30-17-31-56(63)64-61(44-22-9-3-10-23-44)53-28-15-16-29-54(53)62(65(57)64)45-24-11-4-12-25-45;40-28-21-24(23-41)20-27(22-28)29-18-19-34-37-30(29)16-9-17-33(37)38-35(25-10-3-1-4-11-25)31-14-7-8-15-32(31)36(39(34)38)26-12-5-2-6-13-26;28-27-29-20-15-16-23-24(17-20)26(19-11-5-2-6-12-19)22-14-8-7-13-21(22)25(23)18-9-3-1-4-10-18/h1-39H;1-22H;1-17,28H. The quantitative estimate of drug-likeness (QED) is 0.0922. The monoisotopic (exact) mass is 1790 g/mol. The smallest absolute Gasteiger partial charge is 0.537 e. The maximum atomic E-state index is 10.7. The van der Waals surface area contributed by atoms with Gasteiger partial charge in [0.05, 0.1) is 23.3 Å². The number of nitriles is 2. The summed E-state index contributed by atoms with van der Waals surface area (Å²) in [6.45, 7) is 0. The van der Waals surface area contributed by atoms with E-state index >= 15 is 0 Å². The summed E-state index contributed by atoms with van der Waals surface area (Å²) in [4.78, 5) is 0. The Kier molecular flexibility index (Phi) is 20.9. The summed E-state index contributed by atoms with van der Waals surface area (Å²) in [5.41, 5.74) is 37.2. The molecule has 0 aromatic heterocycles. The minimum absolute atomic E-state index is 0.603. The Balaban J connectivity index is 0.000000123. The van der Waals surface area contributed by atoms with Gasteiger partial charge in [-0.25, -0.2) is 0 Å². The van der Waals surface area contributed by atoms with E-state index in [-0.39, 0.29) is 0 Å². The van der Waals surface area contributed by atoms with E-state index in [1.54, 1.807) is 0 Å². The van der Waals surface area contributed by atoms with Crippen molar-refractivity contribution in [3.63, 3.8) is 0 Å². The van der Waals surface area contributed by atoms with Gasteiger partial charge in [-0.3, -0.25) is 0 Å². The second-order valence-corrected chi connectivity index (χ2v) is 35.7. The van der Waals surface area contributed by atoms with E-state index in [4.69, 9.17) is 9.68 Å². The van der Waals surface area contributed by atoms with Gasteiger partial charge in [0.2, 0.25) is 0 Å². The number of hydrogen-bond donors (Lipinski definition) is 1. The lowest BCUT2D eigenvalue weighted by molar-refractivity contribution is 0.454. The highest BCUT2D eigenvalue weighted by Gasteiger charge is 2.35. The number of rotatable bonds is 13. The Bertz CT molecular complexity index is 8850. The van der Waals surface area contributed by atoms with E-state index in [0.717, 1.165) is 61.9 Å². The first-order valence-corrected chi connectivity index (χ1v) is 46.7. The van der Waals surface area contributed by atoms with E-state index < -0.39 is 0 Å². The van der Waals surface area contributed by atoms with Crippen LogP contribution in [0.5, 0.6) is 5.75 Å². The van der Waals surface area contributed by atoms with Crippen molar-refractivity contribution in [2.75, 3.05) is 0 Å². The molecule has 0 bridgehead atoms. The van der Waals surface area contributed by atoms with Gasteiger partial charge in [0, 0.05) is 4.47 Å². The van der Waals surface area contributed by atoms with E-state index in [9.17, 15) is 10.5 Å². The van der Waals surface area contributed by atoms with Crippen molar-refractivity contribution in [1.82, 2.24) is 0 Å². The second-order valence-electron chi connectivity index (χ2n) is 34.8. The molecule has 0 fully saturated rings. The maximum absolute atomic E-state index is 10.7. The highest BCUT2D eigenvalue weighted by Crippen LogP contribution is 2.62. The fraction of sp³-hybridized carbons (Fsp3) is 0. The van der Waals surface area contributed by atoms with Crippen LogP contribution in [0.2, 0.25) is 0 Å². The van der Waals surface area contributed by atoms with Crippen molar-refractivity contribution < 1.29 is 9.68 Å². The van der Waals surface area contributed by atoms with E-state index in [2.05, 4.69) is 459 Å². The maximum Gasteiger partial charge on any atom is 0.569 e. The summed E-state index contributed by atoms with van der Waals surface area (Å²) in [7, 11) is 0.725. The molecule has 0 spiro atoms. The van der Waals surface area contributed by atoms with Crippen LogP contribution in [-0.2, 0) is 0 Å². The van der Waals surface area contributed by atoms with Crippen LogP contribution in [0.1, 0.15) is 11.1 Å². The molecule has 26 rings (SSSR count). The molecule has 1 radical (unpaired) electrons. The molecule has 24 aromatic carbocycles. The molecule has 0 amide bonds. The van der Waals surface area contributed by atoms with Gasteiger partial charge in [-0.15, -0.1) is 0 Å². The van der Waals surface area contributed by atoms with Crippen LogP contribution < -0.4 is 4.65 Å². The number of fused-ring (bicyclic) bond motifs is 12. The van der Waals surface area contributed by atoms with Gasteiger partial charge in [0.15, 0.2) is 0 Å². The van der Waals surface area contributed by atoms with Gasteiger partial charge >= 0.3 is 7.69 Å². The second kappa shape index (κ2) is 34.7. The van der Waals surface area contributed by atoms with Crippen molar-refractivity contribution >= 4 is 110 Å². The molecule has 0 saturated carbocycles. The first-order chi connectivity index (χ1) is 67.3. The molecular formula is C130H79BBrN2O2. The molecule has 2 aliphatic carbocycles. The molecule has 24 aromatic rings. The minimum Gasteiger partial charge on any atom is -0.537 e. The van der Waals surface area contributed by atoms with E-state index in [1.165, 1.54) is 203 Å². The van der Waals surface area contributed by atoms with Crippen LogP contribution in [0, 0.1) is 22.7 Å². The number of benzene rings is 24. The molecule has 0 atom stereocenters. The predicted molar refractivity (Wildman–Crippen MR) is 574 cm³/mol. The zero-order valence-electron chi connectivity index (χ0n) is 73.7. The largest absolute Gasteiger partial charge is 0.569 e. The van der Waals surface area contributed by atoms with Crippen molar-refractivity contribution in [3.05, 3.63) is 489 Å². The molecule has 6 heteroatoms. The first-order valence-electron chi connectivity index (χ1n) is 45.9. The Morgan fingerprint density at radius 3 is 0.779 bits per heavy atom. The topological polar surface area (TPSA) is 77.0 Å². The van der Waals surface area contributed by atoms with Crippen molar-refractivity contribution in [2.45, 2.75) is 0 Å². The summed E-state index contributed by atoms with van der Waals surface area (Å²) in [5, 5.41) is 48.8. The fourth-order valence-corrected chi connectivity index (χ4v) is 22.4. The summed E-state index contributed by atoms with van der Waals surface area (Å²) < 4.78 is 6.20. The zero-order valence-corrected chi connectivity index (χ0v) is 75.3. The zero-order chi connectivity index (χ0) is 90.9. The summed E-state index contributed by atoms with van der Waals surface area (Å²) in [6, 6.07) is 173. The molecule has 136 heavy (non-hydrogen) atoms. The predicted octanol–water partition coefficient (Wildman–Crippen LogP) is 35.3. The Labute approximate surface area is 797 Å². The third-order valence-corrected chi connectivity index (χ3v) is 27.8.